The zero-order chi connectivity index (χ0) is 17.0. The van der Waals surface area contributed by atoms with Crippen molar-refractivity contribution in [1.82, 2.24) is 14.9 Å². The quantitative estimate of drug-likeness (QED) is 0.839. The van der Waals surface area contributed by atoms with Crippen molar-refractivity contribution in [3.8, 4) is 11.6 Å². The van der Waals surface area contributed by atoms with Gasteiger partial charge >= 0.3 is 0 Å². The SMILES string of the molecule is CC(C)(C)Oc1ncnc2cc(OCCN3CCOCC3)ccc12. The number of fused-ring (bicyclic) bond motifs is 1. The van der Waals surface area contributed by atoms with Gasteiger partial charge in [0.15, 0.2) is 0 Å². The second-order valence-electron chi connectivity index (χ2n) is 6.87. The molecular weight excluding hydrogens is 306 g/mol. The summed E-state index contributed by atoms with van der Waals surface area (Å²) in [7, 11) is 0. The molecule has 130 valence electrons. The van der Waals surface area contributed by atoms with Gasteiger partial charge in [-0.05, 0) is 32.9 Å². The van der Waals surface area contributed by atoms with Crippen molar-refractivity contribution >= 4 is 10.9 Å². The number of benzene rings is 1. The van der Waals surface area contributed by atoms with Gasteiger partial charge in [-0.3, -0.25) is 4.90 Å². The molecule has 0 unspecified atom stereocenters. The van der Waals surface area contributed by atoms with Crippen molar-refractivity contribution < 1.29 is 14.2 Å². The van der Waals surface area contributed by atoms with Crippen molar-refractivity contribution in [2.45, 2.75) is 26.4 Å². The Balaban J connectivity index is 1.65. The number of rotatable bonds is 5. The van der Waals surface area contributed by atoms with Crippen LogP contribution in [0.25, 0.3) is 10.9 Å². The Hall–Kier alpha value is -1.92. The van der Waals surface area contributed by atoms with Crippen LogP contribution in [-0.2, 0) is 4.74 Å². The largest absolute Gasteiger partial charge is 0.492 e. The lowest BCUT2D eigenvalue weighted by atomic mass is 10.2. The van der Waals surface area contributed by atoms with Crippen molar-refractivity contribution in [2.75, 3.05) is 39.5 Å². The maximum Gasteiger partial charge on any atom is 0.224 e. The van der Waals surface area contributed by atoms with Gasteiger partial charge in [-0.15, -0.1) is 0 Å². The van der Waals surface area contributed by atoms with Gasteiger partial charge in [0, 0.05) is 25.7 Å². The molecule has 0 bridgehead atoms. The fourth-order valence-electron chi connectivity index (χ4n) is 2.59. The van der Waals surface area contributed by atoms with Crippen LogP contribution < -0.4 is 9.47 Å². The standard InChI is InChI=1S/C18H25N3O3/c1-18(2,3)24-17-15-5-4-14(12-16(15)19-13-20-17)23-11-8-21-6-9-22-10-7-21/h4-5,12-13H,6-11H2,1-3H3. The summed E-state index contributed by atoms with van der Waals surface area (Å²) in [6.45, 7) is 11.1. The van der Waals surface area contributed by atoms with Gasteiger partial charge in [0.05, 0.1) is 24.1 Å². The van der Waals surface area contributed by atoms with E-state index >= 15 is 0 Å². The molecule has 6 nitrogen and oxygen atoms in total. The first-order valence-electron chi connectivity index (χ1n) is 8.38. The highest BCUT2D eigenvalue weighted by Gasteiger charge is 2.16. The molecule has 1 aliphatic heterocycles. The molecule has 2 aromatic rings. The highest BCUT2D eigenvalue weighted by molar-refractivity contribution is 5.84. The summed E-state index contributed by atoms with van der Waals surface area (Å²) >= 11 is 0. The summed E-state index contributed by atoms with van der Waals surface area (Å²) < 4.78 is 17.1. The minimum atomic E-state index is -0.297. The second-order valence-corrected chi connectivity index (χ2v) is 6.87. The van der Waals surface area contributed by atoms with Crippen molar-refractivity contribution in [3.05, 3.63) is 24.5 Å². The summed E-state index contributed by atoms with van der Waals surface area (Å²) in [5, 5.41) is 0.896. The highest BCUT2D eigenvalue weighted by Crippen LogP contribution is 2.27. The summed E-state index contributed by atoms with van der Waals surface area (Å²) in [5.74, 6) is 1.42. The van der Waals surface area contributed by atoms with E-state index in [2.05, 4.69) is 14.9 Å². The maximum atomic E-state index is 5.90. The molecule has 0 aliphatic carbocycles. The van der Waals surface area contributed by atoms with Gasteiger partial charge in [-0.25, -0.2) is 9.97 Å². The fraction of sp³-hybridized carbons (Fsp3) is 0.556. The molecule has 0 spiro atoms. The van der Waals surface area contributed by atoms with Gasteiger partial charge in [-0.2, -0.15) is 0 Å². The molecule has 1 aliphatic rings. The molecule has 0 amide bonds. The lowest BCUT2D eigenvalue weighted by Gasteiger charge is -2.26. The third kappa shape index (κ3) is 4.55. The smallest absolute Gasteiger partial charge is 0.224 e. The molecule has 2 heterocycles. The Morgan fingerprint density at radius 3 is 2.71 bits per heavy atom. The lowest BCUT2D eigenvalue weighted by Crippen LogP contribution is -2.38. The molecule has 1 aromatic heterocycles. The summed E-state index contributed by atoms with van der Waals surface area (Å²) in [6.07, 6.45) is 1.53. The van der Waals surface area contributed by atoms with E-state index in [0.29, 0.717) is 12.5 Å². The maximum absolute atomic E-state index is 5.90. The minimum absolute atomic E-state index is 0.297. The van der Waals surface area contributed by atoms with Crippen LogP contribution in [0, 0.1) is 0 Å². The predicted molar refractivity (Wildman–Crippen MR) is 92.7 cm³/mol. The zero-order valence-electron chi connectivity index (χ0n) is 14.6. The Bertz CT molecular complexity index is 679. The highest BCUT2D eigenvalue weighted by atomic mass is 16.5. The molecule has 0 radical (unpaired) electrons. The molecule has 24 heavy (non-hydrogen) atoms. The van der Waals surface area contributed by atoms with Crippen molar-refractivity contribution in [1.29, 1.82) is 0 Å². The first-order chi connectivity index (χ1) is 11.5. The van der Waals surface area contributed by atoms with E-state index in [4.69, 9.17) is 14.2 Å². The van der Waals surface area contributed by atoms with Crippen LogP contribution in [0.1, 0.15) is 20.8 Å². The van der Waals surface area contributed by atoms with Gasteiger partial charge in [0.2, 0.25) is 5.88 Å². The lowest BCUT2D eigenvalue weighted by molar-refractivity contribution is 0.0322. The van der Waals surface area contributed by atoms with E-state index in [1.54, 1.807) is 0 Å². The zero-order valence-corrected chi connectivity index (χ0v) is 14.6. The van der Waals surface area contributed by atoms with Crippen LogP contribution in [-0.4, -0.2) is 59.9 Å². The number of nitrogens with zero attached hydrogens (tertiary/aromatic N) is 3. The number of ether oxygens (including phenoxy) is 3. The number of hydrogen-bond donors (Lipinski definition) is 0. The van der Waals surface area contributed by atoms with E-state index < -0.39 is 0 Å². The number of morpholine rings is 1. The topological polar surface area (TPSA) is 56.7 Å². The molecular formula is C18H25N3O3. The summed E-state index contributed by atoms with van der Waals surface area (Å²) in [5.41, 5.74) is 0.530. The van der Waals surface area contributed by atoms with Gasteiger partial charge in [0.1, 0.15) is 24.3 Å². The van der Waals surface area contributed by atoms with Gasteiger partial charge in [0.25, 0.3) is 0 Å². The van der Waals surface area contributed by atoms with Crippen molar-refractivity contribution in [3.63, 3.8) is 0 Å². The first-order valence-corrected chi connectivity index (χ1v) is 8.38. The van der Waals surface area contributed by atoms with Crippen LogP contribution in [0.2, 0.25) is 0 Å². The molecule has 3 rings (SSSR count). The normalized spacial score (nSPS) is 16.3. The van der Waals surface area contributed by atoms with Crippen LogP contribution in [0.15, 0.2) is 24.5 Å². The van der Waals surface area contributed by atoms with Crippen molar-refractivity contribution in [2.24, 2.45) is 0 Å². The Morgan fingerprint density at radius 2 is 1.96 bits per heavy atom. The fourth-order valence-corrected chi connectivity index (χ4v) is 2.59. The average molecular weight is 331 g/mol. The number of aromatic nitrogens is 2. The predicted octanol–water partition coefficient (Wildman–Crippen LogP) is 2.52. The molecule has 1 aromatic carbocycles. The molecule has 1 fully saturated rings. The van der Waals surface area contributed by atoms with E-state index in [0.717, 1.165) is 49.5 Å². The Kier molecular flexibility index (Phi) is 5.16. The van der Waals surface area contributed by atoms with Crippen LogP contribution in [0.4, 0.5) is 0 Å². The molecule has 0 saturated carbocycles. The van der Waals surface area contributed by atoms with E-state index in [9.17, 15) is 0 Å². The first kappa shape index (κ1) is 16.9. The molecule has 1 saturated heterocycles. The monoisotopic (exact) mass is 331 g/mol. The average Bonchev–Trinajstić information content (AvgIpc) is 2.54. The van der Waals surface area contributed by atoms with Crippen LogP contribution in [0.5, 0.6) is 11.6 Å². The van der Waals surface area contributed by atoms with Gasteiger partial charge < -0.3 is 14.2 Å². The molecule has 0 N–H and O–H groups in total. The van der Waals surface area contributed by atoms with Gasteiger partial charge in [-0.1, -0.05) is 0 Å². The molecule has 6 heteroatoms. The third-order valence-electron chi connectivity index (χ3n) is 3.75. The number of hydrogen-bond acceptors (Lipinski definition) is 6. The minimum Gasteiger partial charge on any atom is -0.492 e. The Morgan fingerprint density at radius 1 is 1.17 bits per heavy atom. The van der Waals surface area contributed by atoms with E-state index in [-0.39, 0.29) is 5.60 Å². The summed E-state index contributed by atoms with van der Waals surface area (Å²) in [6, 6.07) is 5.84. The second kappa shape index (κ2) is 7.32. The summed E-state index contributed by atoms with van der Waals surface area (Å²) in [4.78, 5) is 10.9. The van der Waals surface area contributed by atoms with Crippen LogP contribution in [0.3, 0.4) is 0 Å². The molecule has 0 atom stereocenters. The van der Waals surface area contributed by atoms with E-state index in [1.807, 2.05) is 39.0 Å². The van der Waals surface area contributed by atoms with Crippen LogP contribution >= 0.6 is 0 Å². The Labute approximate surface area is 142 Å². The third-order valence-corrected chi connectivity index (χ3v) is 3.75. The van der Waals surface area contributed by atoms with E-state index in [1.165, 1.54) is 6.33 Å².